The number of hydrazine groups is 1. The maximum atomic E-state index is 5.80. The summed E-state index contributed by atoms with van der Waals surface area (Å²) in [6, 6.07) is 8.73. The fraction of sp³-hybridized carbons (Fsp3) is 0.562. The zero-order valence-corrected chi connectivity index (χ0v) is 13.4. The molecule has 4 nitrogen and oxygen atoms in total. The van der Waals surface area contributed by atoms with Crippen molar-refractivity contribution in [2.75, 3.05) is 11.5 Å². The number of thioether (sulfide) groups is 1. The topological polar surface area (TPSA) is 55.9 Å². The van der Waals surface area contributed by atoms with Gasteiger partial charge in [0.05, 0.1) is 11.2 Å². The van der Waals surface area contributed by atoms with Crippen LogP contribution < -0.4 is 11.3 Å². The normalized spacial score (nSPS) is 18.2. The lowest BCUT2D eigenvalue weighted by Crippen LogP contribution is -2.39. The van der Waals surface area contributed by atoms with Crippen molar-refractivity contribution >= 4 is 22.7 Å². The van der Waals surface area contributed by atoms with E-state index in [0.717, 1.165) is 24.5 Å². The van der Waals surface area contributed by atoms with Crippen LogP contribution in [0, 0.1) is 5.92 Å². The van der Waals surface area contributed by atoms with Gasteiger partial charge in [-0.2, -0.15) is 16.9 Å². The van der Waals surface area contributed by atoms with Crippen molar-refractivity contribution in [1.82, 2.24) is 15.2 Å². The number of rotatable bonds is 5. The molecule has 1 fully saturated rings. The fourth-order valence-corrected chi connectivity index (χ4v) is 4.47. The first-order valence-electron chi connectivity index (χ1n) is 7.72. The Morgan fingerprint density at radius 2 is 2.14 bits per heavy atom. The fourth-order valence-electron chi connectivity index (χ4n) is 3.27. The molecule has 0 spiro atoms. The van der Waals surface area contributed by atoms with E-state index in [0.29, 0.717) is 6.04 Å². The number of nitrogens with one attached hydrogen (secondary N) is 1. The SMILES string of the molecule is Cn1nc(CC(CC2CCSCC2)NN)c2ccccc21. The van der Waals surface area contributed by atoms with Gasteiger partial charge in [0, 0.05) is 24.9 Å². The molecule has 1 atom stereocenters. The van der Waals surface area contributed by atoms with Gasteiger partial charge in [-0.05, 0) is 42.8 Å². The number of para-hydroxylation sites is 1. The summed E-state index contributed by atoms with van der Waals surface area (Å²) in [5.41, 5.74) is 5.36. The molecule has 5 heteroatoms. The van der Waals surface area contributed by atoms with Gasteiger partial charge in [0.1, 0.15) is 0 Å². The van der Waals surface area contributed by atoms with E-state index in [2.05, 4.69) is 46.6 Å². The minimum atomic E-state index is 0.316. The minimum Gasteiger partial charge on any atom is -0.271 e. The van der Waals surface area contributed by atoms with Gasteiger partial charge in [-0.15, -0.1) is 0 Å². The second-order valence-corrected chi connectivity index (χ2v) is 7.17. The monoisotopic (exact) mass is 304 g/mol. The highest BCUT2D eigenvalue weighted by atomic mass is 32.2. The lowest BCUT2D eigenvalue weighted by Gasteiger charge is -2.25. The van der Waals surface area contributed by atoms with Crippen LogP contribution in [0.25, 0.3) is 10.9 Å². The molecule has 1 unspecified atom stereocenters. The molecule has 0 radical (unpaired) electrons. The first-order chi connectivity index (χ1) is 10.3. The Balaban J connectivity index is 1.73. The molecule has 0 aliphatic carbocycles. The quantitative estimate of drug-likeness (QED) is 0.658. The van der Waals surface area contributed by atoms with E-state index in [1.807, 2.05) is 11.7 Å². The zero-order chi connectivity index (χ0) is 14.7. The molecule has 1 aliphatic heterocycles. The van der Waals surface area contributed by atoms with E-state index in [1.54, 1.807) is 0 Å². The summed E-state index contributed by atoms with van der Waals surface area (Å²) in [5, 5.41) is 5.94. The van der Waals surface area contributed by atoms with Crippen LogP contribution in [0.15, 0.2) is 24.3 Å². The number of fused-ring (bicyclic) bond motifs is 1. The predicted molar refractivity (Wildman–Crippen MR) is 90.2 cm³/mol. The molecule has 1 saturated heterocycles. The predicted octanol–water partition coefficient (Wildman–Crippen LogP) is 2.48. The highest BCUT2D eigenvalue weighted by Crippen LogP contribution is 2.27. The summed E-state index contributed by atoms with van der Waals surface area (Å²) in [6.45, 7) is 0. The Kier molecular flexibility index (Phi) is 4.83. The van der Waals surface area contributed by atoms with Crippen LogP contribution in [0.3, 0.4) is 0 Å². The van der Waals surface area contributed by atoms with Crippen LogP contribution in [-0.2, 0) is 13.5 Å². The summed E-state index contributed by atoms with van der Waals surface area (Å²) in [6.07, 6.45) is 4.71. The van der Waals surface area contributed by atoms with E-state index < -0.39 is 0 Å². The maximum absolute atomic E-state index is 5.80. The van der Waals surface area contributed by atoms with Crippen LogP contribution in [0.4, 0.5) is 0 Å². The Labute approximate surface area is 130 Å². The summed E-state index contributed by atoms with van der Waals surface area (Å²) in [5.74, 6) is 9.21. The standard InChI is InChI=1S/C16H24N4S/c1-20-16-5-3-2-4-14(16)15(19-20)11-13(18-17)10-12-6-8-21-9-7-12/h2-5,12-13,18H,6-11,17H2,1H3. The molecule has 0 saturated carbocycles. The van der Waals surface area contributed by atoms with Crippen LogP contribution in [0.2, 0.25) is 0 Å². The molecule has 3 N–H and O–H groups in total. The average Bonchev–Trinajstić information content (AvgIpc) is 2.84. The molecular formula is C16H24N4S. The smallest absolute Gasteiger partial charge is 0.0719 e. The Bertz CT molecular complexity index is 589. The number of aromatic nitrogens is 2. The number of nitrogens with zero attached hydrogens (tertiary/aromatic N) is 2. The molecule has 1 aliphatic rings. The van der Waals surface area contributed by atoms with Crippen molar-refractivity contribution in [2.24, 2.45) is 18.8 Å². The van der Waals surface area contributed by atoms with Crippen LogP contribution in [0.5, 0.6) is 0 Å². The van der Waals surface area contributed by atoms with Crippen molar-refractivity contribution in [3.05, 3.63) is 30.0 Å². The highest BCUT2D eigenvalue weighted by Gasteiger charge is 2.20. The lowest BCUT2D eigenvalue weighted by atomic mass is 9.92. The summed E-state index contributed by atoms with van der Waals surface area (Å²) < 4.78 is 1.97. The Morgan fingerprint density at radius 1 is 1.38 bits per heavy atom. The molecule has 1 aromatic carbocycles. The van der Waals surface area contributed by atoms with Crippen molar-refractivity contribution < 1.29 is 0 Å². The summed E-state index contributed by atoms with van der Waals surface area (Å²) in [4.78, 5) is 0. The number of hydrogen-bond donors (Lipinski definition) is 2. The van der Waals surface area contributed by atoms with E-state index in [-0.39, 0.29) is 0 Å². The van der Waals surface area contributed by atoms with Gasteiger partial charge < -0.3 is 0 Å². The third kappa shape index (κ3) is 3.42. The first kappa shape index (κ1) is 14.9. The zero-order valence-electron chi connectivity index (χ0n) is 12.6. The molecule has 0 bridgehead atoms. The van der Waals surface area contributed by atoms with Crippen molar-refractivity contribution in [3.8, 4) is 0 Å². The number of aryl methyl sites for hydroxylation is 1. The third-order valence-electron chi connectivity index (χ3n) is 4.47. The van der Waals surface area contributed by atoms with Gasteiger partial charge in [-0.3, -0.25) is 16.0 Å². The maximum Gasteiger partial charge on any atom is 0.0719 e. The first-order valence-corrected chi connectivity index (χ1v) is 8.88. The molecule has 21 heavy (non-hydrogen) atoms. The summed E-state index contributed by atoms with van der Waals surface area (Å²) >= 11 is 2.08. The molecule has 2 heterocycles. The molecule has 1 aromatic heterocycles. The number of benzene rings is 1. The van der Waals surface area contributed by atoms with Gasteiger partial charge in [0.25, 0.3) is 0 Å². The largest absolute Gasteiger partial charge is 0.271 e. The van der Waals surface area contributed by atoms with Crippen molar-refractivity contribution in [1.29, 1.82) is 0 Å². The highest BCUT2D eigenvalue weighted by molar-refractivity contribution is 7.99. The van der Waals surface area contributed by atoms with E-state index in [4.69, 9.17) is 5.84 Å². The van der Waals surface area contributed by atoms with Crippen LogP contribution in [-0.4, -0.2) is 27.3 Å². The number of hydrogen-bond acceptors (Lipinski definition) is 4. The van der Waals surface area contributed by atoms with Gasteiger partial charge >= 0.3 is 0 Å². The van der Waals surface area contributed by atoms with Gasteiger partial charge in [0.2, 0.25) is 0 Å². The Hall–Kier alpha value is -1.04. The van der Waals surface area contributed by atoms with E-state index in [9.17, 15) is 0 Å². The molecule has 114 valence electrons. The molecule has 3 rings (SSSR count). The van der Waals surface area contributed by atoms with E-state index in [1.165, 1.54) is 35.3 Å². The van der Waals surface area contributed by atoms with Crippen molar-refractivity contribution in [3.63, 3.8) is 0 Å². The van der Waals surface area contributed by atoms with Crippen LogP contribution >= 0.6 is 11.8 Å². The third-order valence-corrected chi connectivity index (χ3v) is 5.52. The van der Waals surface area contributed by atoms with Gasteiger partial charge in [-0.25, -0.2) is 0 Å². The van der Waals surface area contributed by atoms with Gasteiger partial charge in [0.15, 0.2) is 0 Å². The molecule has 2 aromatic rings. The minimum absolute atomic E-state index is 0.316. The average molecular weight is 304 g/mol. The van der Waals surface area contributed by atoms with Gasteiger partial charge in [-0.1, -0.05) is 18.2 Å². The van der Waals surface area contributed by atoms with E-state index >= 15 is 0 Å². The second kappa shape index (κ2) is 6.81. The second-order valence-electron chi connectivity index (χ2n) is 5.95. The lowest BCUT2D eigenvalue weighted by molar-refractivity contribution is 0.364. The molecular weight excluding hydrogens is 280 g/mol. The van der Waals surface area contributed by atoms with Crippen LogP contribution in [0.1, 0.15) is 25.0 Å². The molecule has 0 amide bonds. The van der Waals surface area contributed by atoms with Crippen molar-refractivity contribution in [2.45, 2.75) is 31.7 Å². The Morgan fingerprint density at radius 3 is 2.90 bits per heavy atom. The number of nitrogens with two attached hydrogens (primary N) is 1. The summed E-state index contributed by atoms with van der Waals surface area (Å²) in [7, 11) is 2.01.